The Morgan fingerprint density at radius 1 is 1.09 bits per heavy atom. The van der Waals surface area contributed by atoms with Crippen LogP contribution in [0.5, 0.6) is 5.75 Å². The predicted octanol–water partition coefficient (Wildman–Crippen LogP) is 5.12. The van der Waals surface area contributed by atoms with Crippen LogP contribution in [0.15, 0.2) is 65.5 Å². The summed E-state index contributed by atoms with van der Waals surface area (Å²) >= 11 is 6.14. The van der Waals surface area contributed by atoms with E-state index in [2.05, 4.69) is 4.98 Å². The van der Waals surface area contributed by atoms with Crippen LogP contribution in [0.1, 0.15) is 35.1 Å². The van der Waals surface area contributed by atoms with Crippen LogP contribution in [0.2, 0.25) is 5.02 Å². The summed E-state index contributed by atoms with van der Waals surface area (Å²) < 4.78 is 1.86. The van der Waals surface area contributed by atoms with E-state index in [4.69, 9.17) is 11.6 Å². The van der Waals surface area contributed by atoms with E-state index in [1.54, 1.807) is 12.1 Å². The number of carbonyl (C=O) groups is 1. The summed E-state index contributed by atoms with van der Waals surface area (Å²) in [5.41, 5.74) is 2.59. The average molecular weight is 449 g/mol. The summed E-state index contributed by atoms with van der Waals surface area (Å²) in [6, 6.07) is 17.5. The van der Waals surface area contributed by atoms with Crippen LogP contribution in [0.25, 0.3) is 22.2 Å². The lowest BCUT2D eigenvalue weighted by molar-refractivity contribution is 0.0696. The number of hydrogen-bond donors (Lipinski definition) is 2. The number of aromatic carboxylic acids is 1. The molecule has 4 aromatic rings. The van der Waals surface area contributed by atoms with Crippen LogP contribution in [-0.4, -0.2) is 25.7 Å². The molecule has 0 radical (unpaired) electrons. The van der Waals surface area contributed by atoms with E-state index in [1.165, 1.54) is 12.1 Å². The highest BCUT2D eigenvalue weighted by Crippen LogP contribution is 2.29. The number of rotatable bonds is 6. The standard InChI is InChI=1S/C25H21ClN2O4/c1-2-7-22-27-19-13-21(29)24(30)18(26)12-20(19)28(22)14-16-10-6-11-17(23(16)25(31)32)15-8-4-3-5-9-15/h3-6,8-13H,2,7,14H2,1H3,(H,29,30)(H,31,32). The number of carboxylic acids is 1. The van der Waals surface area contributed by atoms with Gasteiger partial charge in [0.1, 0.15) is 5.82 Å². The maximum Gasteiger partial charge on any atom is 0.336 e. The first-order valence-electron chi connectivity index (χ1n) is 10.2. The largest absolute Gasteiger partial charge is 0.503 e. The minimum absolute atomic E-state index is 0.0781. The van der Waals surface area contributed by atoms with Crippen LogP contribution in [0.3, 0.4) is 0 Å². The van der Waals surface area contributed by atoms with Crippen molar-refractivity contribution in [3.63, 3.8) is 0 Å². The van der Waals surface area contributed by atoms with E-state index >= 15 is 0 Å². The molecule has 0 aliphatic rings. The molecule has 3 aromatic carbocycles. The summed E-state index contributed by atoms with van der Waals surface area (Å²) in [5, 5.41) is 20.0. The van der Waals surface area contributed by atoms with Gasteiger partial charge in [0.25, 0.3) is 0 Å². The maximum absolute atomic E-state index is 12.3. The van der Waals surface area contributed by atoms with E-state index in [-0.39, 0.29) is 17.1 Å². The van der Waals surface area contributed by atoms with Crippen LogP contribution < -0.4 is 5.43 Å². The van der Waals surface area contributed by atoms with Crippen molar-refractivity contribution in [1.29, 1.82) is 0 Å². The van der Waals surface area contributed by atoms with Crippen LogP contribution in [-0.2, 0) is 13.0 Å². The fraction of sp³-hybridized carbons (Fsp3) is 0.160. The van der Waals surface area contributed by atoms with E-state index in [9.17, 15) is 19.8 Å². The molecule has 0 fully saturated rings. The van der Waals surface area contributed by atoms with Crippen molar-refractivity contribution in [3.8, 4) is 16.9 Å². The molecule has 4 rings (SSSR count). The molecule has 0 aliphatic heterocycles. The number of hydrogen-bond acceptors (Lipinski definition) is 4. The third kappa shape index (κ3) is 3.97. The van der Waals surface area contributed by atoms with Crippen molar-refractivity contribution in [2.24, 2.45) is 0 Å². The number of aromatic nitrogens is 2. The summed E-state index contributed by atoms with van der Waals surface area (Å²) in [7, 11) is 0. The molecule has 0 saturated carbocycles. The van der Waals surface area contributed by atoms with Gasteiger partial charge in [-0.25, -0.2) is 9.78 Å². The van der Waals surface area contributed by atoms with Gasteiger partial charge in [0.15, 0.2) is 5.75 Å². The molecule has 2 N–H and O–H groups in total. The molecule has 6 nitrogen and oxygen atoms in total. The van der Waals surface area contributed by atoms with E-state index in [1.807, 2.05) is 47.9 Å². The average Bonchev–Trinajstić information content (AvgIpc) is 3.03. The number of benzene rings is 2. The Hall–Kier alpha value is -3.64. The van der Waals surface area contributed by atoms with E-state index in [0.717, 1.165) is 12.0 Å². The number of fused-ring (bicyclic) bond motifs is 1. The Bertz CT molecular complexity index is 1380. The third-order valence-electron chi connectivity index (χ3n) is 5.36. The highest BCUT2D eigenvalue weighted by atomic mass is 35.5. The number of nitrogens with zero attached hydrogens (tertiary/aromatic N) is 2. The number of halogens is 1. The summed E-state index contributed by atoms with van der Waals surface area (Å²) in [4.78, 5) is 29.0. The summed E-state index contributed by atoms with van der Waals surface area (Å²) in [5.74, 6) is -0.848. The quantitative estimate of drug-likeness (QED) is 0.427. The molecule has 0 saturated heterocycles. The van der Waals surface area contributed by atoms with E-state index < -0.39 is 17.1 Å². The van der Waals surface area contributed by atoms with Crippen molar-refractivity contribution in [3.05, 3.63) is 92.9 Å². The zero-order chi connectivity index (χ0) is 22.8. The Morgan fingerprint density at radius 2 is 1.84 bits per heavy atom. The number of aryl methyl sites for hydroxylation is 1. The molecule has 0 amide bonds. The van der Waals surface area contributed by atoms with Gasteiger partial charge < -0.3 is 14.8 Å². The maximum atomic E-state index is 12.3. The van der Waals surface area contributed by atoms with Gasteiger partial charge >= 0.3 is 5.97 Å². The number of aromatic hydroxyl groups is 1. The van der Waals surface area contributed by atoms with Crippen LogP contribution in [0.4, 0.5) is 0 Å². The highest BCUT2D eigenvalue weighted by molar-refractivity contribution is 6.32. The van der Waals surface area contributed by atoms with Crippen LogP contribution in [0, 0.1) is 0 Å². The van der Waals surface area contributed by atoms with Gasteiger partial charge in [-0.3, -0.25) is 4.79 Å². The zero-order valence-corrected chi connectivity index (χ0v) is 18.1. The minimum atomic E-state index is -1.02. The molecule has 0 aliphatic carbocycles. The lowest BCUT2D eigenvalue weighted by Crippen LogP contribution is -2.11. The summed E-state index contributed by atoms with van der Waals surface area (Å²) in [6.07, 6.45) is 1.45. The topological polar surface area (TPSA) is 92.4 Å². The molecular weight excluding hydrogens is 428 g/mol. The normalized spacial score (nSPS) is 11.1. The Morgan fingerprint density at radius 3 is 2.53 bits per heavy atom. The van der Waals surface area contributed by atoms with Gasteiger partial charge in [-0.05, 0) is 29.2 Å². The Balaban J connectivity index is 1.95. The third-order valence-corrected chi connectivity index (χ3v) is 5.64. The molecule has 1 aromatic heterocycles. The fourth-order valence-electron chi connectivity index (χ4n) is 3.89. The van der Waals surface area contributed by atoms with Gasteiger partial charge in [0, 0.05) is 12.5 Å². The number of carboxylic acid groups (broad SMARTS) is 1. The zero-order valence-electron chi connectivity index (χ0n) is 17.4. The first-order chi connectivity index (χ1) is 15.4. The molecule has 0 spiro atoms. The van der Waals surface area contributed by atoms with Gasteiger partial charge in [0.05, 0.1) is 28.2 Å². The highest BCUT2D eigenvalue weighted by Gasteiger charge is 2.20. The molecule has 0 atom stereocenters. The molecule has 0 bridgehead atoms. The molecule has 32 heavy (non-hydrogen) atoms. The van der Waals surface area contributed by atoms with Gasteiger partial charge in [-0.15, -0.1) is 0 Å². The first kappa shape index (κ1) is 21.6. The Labute approximate surface area is 189 Å². The van der Waals surface area contributed by atoms with Gasteiger partial charge in [-0.2, -0.15) is 0 Å². The lowest BCUT2D eigenvalue weighted by atomic mass is 9.95. The smallest absolute Gasteiger partial charge is 0.336 e. The summed E-state index contributed by atoms with van der Waals surface area (Å²) in [6.45, 7) is 2.24. The van der Waals surface area contributed by atoms with Crippen molar-refractivity contribution in [1.82, 2.24) is 9.55 Å². The molecular formula is C25H21ClN2O4. The monoisotopic (exact) mass is 448 g/mol. The SMILES string of the molecule is CCCc1nc2cc(=O)c(O)c(Cl)cc2n1Cc1cccc(-c2ccccc2)c1C(=O)O. The van der Waals surface area contributed by atoms with Crippen molar-refractivity contribution < 1.29 is 15.0 Å². The second kappa shape index (κ2) is 8.85. The van der Waals surface area contributed by atoms with Crippen LogP contribution >= 0.6 is 11.6 Å². The lowest BCUT2D eigenvalue weighted by Gasteiger charge is -2.14. The van der Waals surface area contributed by atoms with Crippen molar-refractivity contribution in [2.75, 3.05) is 0 Å². The van der Waals surface area contributed by atoms with Gasteiger partial charge in [0.2, 0.25) is 5.43 Å². The second-order valence-electron chi connectivity index (χ2n) is 7.50. The molecule has 7 heteroatoms. The Kier molecular flexibility index (Phi) is 5.97. The first-order valence-corrected chi connectivity index (χ1v) is 10.6. The molecule has 162 valence electrons. The minimum Gasteiger partial charge on any atom is -0.503 e. The van der Waals surface area contributed by atoms with E-state index in [0.29, 0.717) is 34.4 Å². The van der Waals surface area contributed by atoms with Crippen molar-refractivity contribution >= 4 is 28.6 Å². The predicted molar refractivity (Wildman–Crippen MR) is 125 cm³/mol. The van der Waals surface area contributed by atoms with Crippen molar-refractivity contribution in [2.45, 2.75) is 26.3 Å². The molecule has 0 unspecified atom stereocenters. The second-order valence-corrected chi connectivity index (χ2v) is 7.90. The van der Waals surface area contributed by atoms with Gasteiger partial charge in [-0.1, -0.05) is 67.1 Å². The fourth-order valence-corrected chi connectivity index (χ4v) is 4.09. The molecule has 1 heterocycles. The number of imidazole rings is 1.